The molecule has 0 spiro atoms. The largest absolute Gasteiger partial charge is 0.380 e. The highest BCUT2D eigenvalue weighted by molar-refractivity contribution is 7.12. The SMILES string of the molecule is CCOCc1ccccc1NCc1ccc(C(C)(C)C)s1. The van der Waals surface area contributed by atoms with Crippen molar-refractivity contribution in [3.8, 4) is 0 Å². The van der Waals surface area contributed by atoms with Gasteiger partial charge in [-0.3, -0.25) is 0 Å². The van der Waals surface area contributed by atoms with Gasteiger partial charge < -0.3 is 10.1 Å². The van der Waals surface area contributed by atoms with Gasteiger partial charge in [0.2, 0.25) is 0 Å². The van der Waals surface area contributed by atoms with Crippen molar-refractivity contribution >= 4 is 17.0 Å². The zero-order valence-corrected chi connectivity index (χ0v) is 14.2. The summed E-state index contributed by atoms with van der Waals surface area (Å²) in [6.45, 7) is 11.1. The van der Waals surface area contributed by atoms with Crippen molar-refractivity contribution in [2.75, 3.05) is 11.9 Å². The van der Waals surface area contributed by atoms with E-state index >= 15 is 0 Å². The minimum atomic E-state index is 0.232. The fourth-order valence-electron chi connectivity index (χ4n) is 2.09. The smallest absolute Gasteiger partial charge is 0.0736 e. The van der Waals surface area contributed by atoms with E-state index in [1.165, 1.54) is 15.3 Å². The number of thiophene rings is 1. The Labute approximate surface area is 132 Å². The van der Waals surface area contributed by atoms with E-state index in [1.807, 2.05) is 18.3 Å². The van der Waals surface area contributed by atoms with Crippen LogP contribution in [0.5, 0.6) is 0 Å². The molecule has 0 saturated heterocycles. The lowest BCUT2D eigenvalue weighted by Crippen LogP contribution is -2.07. The molecule has 2 nitrogen and oxygen atoms in total. The maximum atomic E-state index is 5.52. The van der Waals surface area contributed by atoms with Gasteiger partial charge in [-0.25, -0.2) is 0 Å². The van der Waals surface area contributed by atoms with Crippen LogP contribution < -0.4 is 5.32 Å². The summed E-state index contributed by atoms with van der Waals surface area (Å²) in [7, 11) is 0. The van der Waals surface area contributed by atoms with Gasteiger partial charge in [0.05, 0.1) is 6.61 Å². The molecular weight excluding hydrogens is 278 g/mol. The molecule has 0 aliphatic heterocycles. The van der Waals surface area contributed by atoms with Crippen LogP contribution in [0.15, 0.2) is 36.4 Å². The molecule has 0 radical (unpaired) electrons. The first-order valence-electron chi connectivity index (χ1n) is 7.49. The Morgan fingerprint density at radius 2 is 1.86 bits per heavy atom. The monoisotopic (exact) mass is 303 g/mol. The van der Waals surface area contributed by atoms with E-state index < -0.39 is 0 Å². The summed E-state index contributed by atoms with van der Waals surface area (Å²) in [5.74, 6) is 0. The fourth-order valence-corrected chi connectivity index (χ4v) is 3.09. The van der Waals surface area contributed by atoms with Gasteiger partial charge in [0.1, 0.15) is 0 Å². The van der Waals surface area contributed by atoms with Crippen LogP contribution in [-0.2, 0) is 23.3 Å². The van der Waals surface area contributed by atoms with Crippen LogP contribution in [0, 0.1) is 0 Å². The van der Waals surface area contributed by atoms with Crippen LogP contribution in [0.25, 0.3) is 0 Å². The van der Waals surface area contributed by atoms with Crippen molar-refractivity contribution in [3.63, 3.8) is 0 Å². The first-order valence-corrected chi connectivity index (χ1v) is 8.31. The first-order chi connectivity index (χ1) is 10.0. The molecule has 1 N–H and O–H groups in total. The van der Waals surface area contributed by atoms with Gasteiger partial charge in [0.15, 0.2) is 0 Å². The number of ether oxygens (including phenoxy) is 1. The van der Waals surface area contributed by atoms with E-state index in [2.05, 4.69) is 62.5 Å². The van der Waals surface area contributed by atoms with Gasteiger partial charge in [-0.05, 0) is 30.5 Å². The Bertz CT molecular complexity index is 569. The van der Waals surface area contributed by atoms with Crippen LogP contribution >= 0.6 is 11.3 Å². The van der Waals surface area contributed by atoms with Crippen LogP contribution in [0.3, 0.4) is 0 Å². The number of nitrogens with one attached hydrogen (secondary N) is 1. The average Bonchev–Trinajstić information content (AvgIpc) is 2.92. The standard InChI is InChI=1S/C18H25NOS/c1-5-20-13-14-8-6-7-9-16(14)19-12-15-10-11-17(21-15)18(2,3)4/h6-11,19H,5,12-13H2,1-4H3. The molecule has 0 unspecified atom stereocenters. The zero-order valence-electron chi connectivity index (χ0n) is 13.4. The third kappa shape index (κ3) is 4.58. The second-order valence-electron chi connectivity index (χ2n) is 6.16. The molecular formula is C18H25NOS. The maximum absolute atomic E-state index is 5.52. The molecule has 0 bridgehead atoms. The summed E-state index contributed by atoms with van der Waals surface area (Å²) < 4.78 is 5.52. The summed E-state index contributed by atoms with van der Waals surface area (Å²) in [6.07, 6.45) is 0. The Morgan fingerprint density at radius 1 is 1.10 bits per heavy atom. The maximum Gasteiger partial charge on any atom is 0.0736 e. The molecule has 0 amide bonds. The number of para-hydroxylation sites is 1. The molecule has 0 aliphatic carbocycles. The molecule has 1 heterocycles. The number of hydrogen-bond donors (Lipinski definition) is 1. The van der Waals surface area contributed by atoms with Gasteiger partial charge in [0.25, 0.3) is 0 Å². The minimum Gasteiger partial charge on any atom is -0.380 e. The molecule has 1 aromatic carbocycles. The van der Waals surface area contributed by atoms with Crippen molar-refractivity contribution in [1.82, 2.24) is 0 Å². The lowest BCUT2D eigenvalue weighted by atomic mass is 9.95. The van der Waals surface area contributed by atoms with E-state index in [0.717, 1.165) is 18.8 Å². The molecule has 21 heavy (non-hydrogen) atoms. The summed E-state index contributed by atoms with van der Waals surface area (Å²) >= 11 is 1.89. The summed E-state index contributed by atoms with van der Waals surface area (Å²) in [4.78, 5) is 2.80. The highest BCUT2D eigenvalue weighted by atomic mass is 32.1. The third-order valence-electron chi connectivity index (χ3n) is 3.33. The predicted molar refractivity (Wildman–Crippen MR) is 92.1 cm³/mol. The van der Waals surface area contributed by atoms with Crippen molar-refractivity contribution in [3.05, 3.63) is 51.7 Å². The van der Waals surface area contributed by atoms with E-state index in [0.29, 0.717) is 6.61 Å². The molecule has 114 valence electrons. The van der Waals surface area contributed by atoms with Gasteiger partial charge in [-0.2, -0.15) is 0 Å². The van der Waals surface area contributed by atoms with Gasteiger partial charge in [-0.15, -0.1) is 11.3 Å². The molecule has 0 saturated carbocycles. The second kappa shape index (κ2) is 7.10. The highest BCUT2D eigenvalue weighted by Gasteiger charge is 2.15. The fraction of sp³-hybridized carbons (Fsp3) is 0.444. The normalized spacial score (nSPS) is 11.6. The van der Waals surface area contributed by atoms with Gasteiger partial charge >= 0.3 is 0 Å². The predicted octanol–water partition coefficient (Wildman–Crippen LogP) is 5.19. The van der Waals surface area contributed by atoms with Crippen molar-refractivity contribution < 1.29 is 4.74 Å². The molecule has 0 aliphatic rings. The Balaban J connectivity index is 2.01. The van der Waals surface area contributed by atoms with Crippen LogP contribution in [0.4, 0.5) is 5.69 Å². The first kappa shape index (κ1) is 16.1. The lowest BCUT2D eigenvalue weighted by molar-refractivity contribution is 0.134. The summed E-state index contributed by atoms with van der Waals surface area (Å²) in [6, 6.07) is 12.8. The zero-order chi connectivity index (χ0) is 15.3. The van der Waals surface area contributed by atoms with Crippen LogP contribution in [-0.4, -0.2) is 6.61 Å². The molecule has 2 aromatic rings. The highest BCUT2D eigenvalue weighted by Crippen LogP contribution is 2.30. The van der Waals surface area contributed by atoms with Crippen molar-refractivity contribution in [2.24, 2.45) is 0 Å². The second-order valence-corrected chi connectivity index (χ2v) is 7.33. The summed E-state index contributed by atoms with van der Waals surface area (Å²) in [5.41, 5.74) is 2.61. The average molecular weight is 303 g/mol. The van der Waals surface area contributed by atoms with Gasteiger partial charge in [-0.1, -0.05) is 39.0 Å². The van der Waals surface area contributed by atoms with Gasteiger partial charge in [0, 0.05) is 34.2 Å². The van der Waals surface area contributed by atoms with E-state index in [-0.39, 0.29) is 5.41 Å². The van der Waals surface area contributed by atoms with Crippen LogP contribution in [0.2, 0.25) is 0 Å². The number of hydrogen-bond acceptors (Lipinski definition) is 3. The quantitative estimate of drug-likeness (QED) is 0.792. The Kier molecular flexibility index (Phi) is 5.43. The Morgan fingerprint density at radius 3 is 2.52 bits per heavy atom. The molecule has 2 rings (SSSR count). The lowest BCUT2D eigenvalue weighted by Gasteiger charge is -2.15. The topological polar surface area (TPSA) is 21.3 Å². The number of benzene rings is 1. The van der Waals surface area contributed by atoms with E-state index in [9.17, 15) is 0 Å². The van der Waals surface area contributed by atoms with E-state index in [4.69, 9.17) is 4.74 Å². The van der Waals surface area contributed by atoms with E-state index in [1.54, 1.807) is 0 Å². The van der Waals surface area contributed by atoms with Crippen LogP contribution in [0.1, 0.15) is 43.0 Å². The molecule has 3 heteroatoms. The van der Waals surface area contributed by atoms with Crippen molar-refractivity contribution in [1.29, 1.82) is 0 Å². The minimum absolute atomic E-state index is 0.232. The summed E-state index contributed by atoms with van der Waals surface area (Å²) in [5, 5.41) is 3.53. The third-order valence-corrected chi connectivity index (χ3v) is 4.84. The molecule has 0 atom stereocenters. The number of rotatable bonds is 6. The molecule has 0 fully saturated rings. The number of anilines is 1. The Hall–Kier alpha value is -1.32. The van der Waals surface area contributed by atoms with Crippen molar-refractivity contribution in [2.45, 2.75) is 46.3 Å². The molecule has 1 aromatic heterocycles.